The van der Waals surface area contributed by atoms with Crippen molar-refractivity contribution in [3.63, 3.8) is 0 Å². The number of allylic oxidation sites excluding steroid dienone is 1. The molecule has 7 nitrogen and oxygen atoms in total. The molecule has 3 fully saturated rings. The van der Waals surface area contributed by atoms with E-state index in [1.54, 1.807) is 24.1 Å². The number of nitrogens with zero attached hydrogens (tertiary/aromatic N) is 1. The van der Waals surface area contributed by atoms with Crippen LogP contribution in [0.3, 0.4) is 0 Å². The van der Waals surface area contributed by atoms with Crippen LogP contribution in [0, 0.1) is 17.8 Å². The molecule has 8 heteroatoms. The van der Waals surface area contributed by atoms with Crippen LogP contribution in [0.15, 0.2) is 65.7 Å². The summed E-state index contributed by atoms with van der Waals surface area (Å²) < 4.78 is 11.8. The highest BCUT2D eigenvalue weighted by atomic mass is 16.5. The number of hydrogen-bond acceptors (Lipinski definition) is 6. The van der Waals surface area contributed by atoms with E-state index >= 15 is 0 Å². The van der Waals surface area contributed by atoms with Gasteiger partial charge in [-0.05, 0) is 84.3 Å². The highest BCUT2D eigenvalue weighted by Gasteiger charge is 2.58. The standard InChI is InChI=1S/C34H40BNO6/c1-41-21-25-19-28-32(34(39)36(33(28)38)26-10-6-3-7-11-26)29-20-35(40)42-30(31(25)29)17-14-24(23-8-4-2-5-9-23)18-22-12-15-27(37)16-13-22/h2,4-5,8-9,12-13,15-16,18,26,28-30,32,37,40H,3,6-7,10-11,14,17,19-21H2,1H3/b24-18-/t28-,29+,30-,32-/m1/s1. The average molecular weight is 570 g/mol. The van der Waals surface area contributed by atoms with E-state index in [1.165, 1.54) is 0 Å². The molecule has 6 rings (SSSR count). The first-order valence-electron chi connectivity index (χ1n) is 15.4. The number of benzene rings is 2. The molecule has 0 radical (unpaired) electrons. The smallest absolute Gasteiger partial charge is 0.455 e. The van der Waals surface area contributed by atoms with E-state index < -0.39 is 19.0 Å². The number of ether oxygens (including phenoxy) is 1. The largest absolute Gasteiger partial charge is 0.508 e. The molecule has 2 aromatic carbocycles. The predicted octanol–water partition coefficient (Wildman–Crippen LogP) is 5.49. The Morgan fingerprint density at radius 2 is 1.76 bits per heavy atom. The van der Waals surface area contributed by atoms with Gasteiger partial charge in [-0.15, -0.1) is 0 Å². The maximum absolute atomic E-state index is 14.0. The van der Waals surface area contributed by atoms with Crippen LogP contribution in [-0.2, 0) is 19.0 Å². The maximum atomic E-state index is 14.0. The fourth-order valence-electron chi connectivity index (χ4n) is 7.80. The number of amides is 2. The normalized spacial score (nSPS) is 27.0. The molecule has 0 aromatic heterocycles. The van der Waals surface area contributed by atoms with Crippen LogP contribution < -0.4 is 0 Å². The molecule has 0 bridgehead atoms. The van der Waals surface area contributed by atoms with Crippen molar-refractivity contribution in [1.82, 2.24) is 4.90 Å². The molecule has 2 saturated heterocycles. The van der Waals surface area contributed by atoms with Crippen molar-refractivity contribution in [2.75, 3.05) is 13.7 Å². The molecular formula is C34H40BNO6. The van der Waals surface area contributed by atoms with E-state index in [0.29, 0.717) is 32.2 Å². The molecule has 0 unspecified atom stereocenters. The Morgan fingerprint density at radius 1 is 1.02 bits per heavy atom. The lowest BCUT2D eigenvalue weighted by molar-refractivity contribution is -0.143. The molecule has 2 aliphatic carbocycles. The zero-order chi connectivity index (χ0) is 29.2. The molecule has 2 aromatic rings. The van der Waals surface area contributed by atoms with Crippen molar-refractivity contribution < 1.29 is 29.1 Å². The van der Waals surface area contributed by atoms with Gasteiger partial charge in [0.1, 0.15) is 5.75 Å². The van der Waals surface area contributed by atoms with E-state index in [4.69, 9.17) is 9.39 Å². The van der Waals surface area contributed by atoms with Crippen molar-refractivity contribution >= 4 is 30.6 Å². The predicted molar refractivity (Wildman–Crippen MR) is 162 cm³/mol. The number of imide groups is 1. The van der Waals surface area contributed by atoms with Gasteiger partial charge in [0.2, 0.25) is 11.8 Å². The number of likely N-dealkylation sites (tertiary alicyclic amines) is 1. The fourth-order valence-corrected chi connectivity index (χ4v) is 7.80. The quantitative estimate of drug-likeness (QED) is 0.189. The Bertz CT molecular complexity index is 1350. The van der Waals surface area contributed by atoms with E-state index in [1.807, 2.05) is 30.3 Å². The van der Waals surface area contributed by atoms with E-state index in [-0.39, 0.29) is 35.6 Å². The summed E-state index contributed by atoms with van der Waals surface area (Å²) in [6.45, 7) is 0.380. The Kier molecular flexibility index (Phi) is 8.66. The maximum Gasteiger partial charge on any atom is 0.455 e. The summed E-state index contributed by atoms with van der Waals surface area (Å²) in [5.41, 5.74) is 5.27. The minimum Gasteiger partial charge on any atom is -0.508 e. The monoisotopic (exact) mass is 569 g/mol. The van der Waals surface area contributed by atoms with Crippen LogP contribution in [0.4, 0.5) is 0 Å². The third kappa shape index (κ3) is 5.72. The molecule has 4 atom stereocenters. The lowest BCUT2D eigenvalue weighted by atomic mass is 9.58. The Morgan fingerprint density at radius 3 is 2.48 bits per heavy atom. The summed E-state index contributed by atoms with van der Waals surface area (Å²) in [6.07, 6.45) is 8.86. The fraction of sp³-hybridized carbons (Fsp3) is 0.471. The van der Waals surface area contributed by atoms with Gasteiger partial charge >= 0.3 is 7.12 Å². The number of fused-ring (bicyclic) bond motifs is 3. The van der Waals surface area contributed by atoms with E-state index in [9.17, 15) is 19.7 Å². The van der Waals surface area contributed by atoms with Crippen molar-refractivity contribution in [3.05, 3.63) is 76.9 Å². The number of carbonyl (C=O) groups is 2. The molecule has 2 amide bonds. The van der Waals surface area contributed by atoms with Gasteiger partial charge in [0, 0.05) is 13.2 Å². The Hall–Kier alpha value is -3.20. The molecule has 0 spiro atoms. The van der Waals surface area contributed by atoms with Crippen molar-refractivity contribution in [1.29, 1.82) is 0 Å². The van der Waals surface area contributed by atoms with Crippen LogP contribution in [0.25, 0.3) is 11.6 Å². The Labute approximate surface area is 248 Å². The summed E-state index contributed by atoms with van der Waals surface area (Å²) in [6, 6.07) is 17.3. The summed E-state index contributed by atoms with van der Waals surface area (Å²) in [5.74, 6) is -0.949. The van der Waals surface area contributed by atoms with Gasteiger partial charge in [0.25, 0.3) is 0 Å². The number of aromatic hydroxyl groups is 1. The average Bonchev–Trinajstić information content (AvgIpc) is 3.26. The lowest BCUT2D eigenvalue weighted by Crippen LogP contribution is -2.47. The van der Waals surface area contributed by atoms with E-state index in [2.05, 4.69) is 18.2 Å². The molecule has 42 heavy (non-hydrogen) atoms. The van der Waals surface area contributed by atoms with Crippen molar-refractivity contribution in [2.24, 2.45) is 17.8 Å². The third-order valence-corrected chi connectivity index (χ3v) is 9.65. The minimum atomic E-state index is -1.00. The van der Waals surface area contributed by atoms with Crippen LogP contribution in [-0.4, -0.2) is 59.8 Å². The highest BCUT2D eigenvalue weighted by molar-refractivity contribution is 6.43. The lowest BCUT2D eigenvalue weighted by Gasteiger charge is -2.43. The second-order valence-electron chi connectivity index (χ2n) is 12.3. The minimum absolute atomic E-state index is 0.00213. The second-order valence-corrected chi connectivity index (χ2v) is 12.3. The summed E-state index contributed by atoms with van der Waals surface area (Å²) in [5, 5.41) is 20.7. The SMILES string of the molecule is COCC1=C2[C@@H](CC/C(=C/c3ccc(O)cc3)c3ccccc3)OB(O)C[C@@H]2[C@@H]2C(=O)N(C3CCCCC3)C(=O)[C@@H]2C1. The van der Waals surface area contributed by atoms with Gasteiger partial charge < -0.3 is 19.5 Å². The van der Waals surface area contributed by atoms with Gasteiger partial charge in [-0.1, -0.05) is 67.8 Å². The van der Waals surface area contributed by atoms with E-state index in [0.717, 1.165) is 60.0 Å². The summed E-state index contributed by atoms with van der Waals surface area (Å²) in [4.78, 5) is 29.3. The topological polar surface area (TPSA) is 96.3 Å². The molecule has 4 aliphatic rings. The van der Waals surface area contributed by atoms with Gasteiger partial charge in [0.15, 0.2) is 0 Å². The number of hydrogen-bond donors (Lipinski definition) is 2. The van der Waals surface area contributed by atoms with Crippen LogP contribution in [0.1, 0.15) is 62.5 Å². The molecule has 2 aliphatic heterocycles. The molecule has 220 valence electrons. The number of carbonyl (C=O) groups excluding carboxylic acids is 2. The zero-order valence-electron chi connectivity index (χ0n) is 24.3. The first kappa shape index (κ1) is 28.9. The number of rotatable bonds is 8. The van der Waals surface area contributed by atoms with Crippen LogP contribution in [0.5, 0.6) is 5.75 Å². The molecule has 2 heterocycles. The van der Waals surface area contributed by atoms with Crippen LogP contribution >= 0.6 is 0 Å². The Balaban J connectivity index is 1.30. The van der Waals surface area contributed by atoms with Crippen LogP contribution in [0.2, 0.25) is 6.32 Å². The second kappa shape index (κ2) is 12.6. The van der Waals surface area contributed by atoms with Gasteiger partial charge in [-0.2, -0.15) is 0 Å². The molecule has 2 N–H and O–H groups in total. The third-order valence-electron chi connectivity index (χ3n) is 9.65. The number of phenols is 1. The summed E-state index contributed by atoms with van der Waals surface area (Å²) >= 11 is 0. The van der Waals surface area contributed by atoms with Gasteiger partial charge in [-0.3, -0.25) is 14.5 Å². The number of methoxy groups -OCH3 is 1. The van der Waals surface area contributed by atoms with Gasteiger partial charge in [0.05, 0.1) is 24.5 Å². The first-order chi connectivity index (χ1) is 20.4. The first-order valence-corrected chi connectivity index (χ1v) is 15.4. The highest BCUT2D eigenvalue weighted by Crippen LogP contribution is 2.51. The van der Waals surface area contributed by atoms with Crippen molar-refractivity contribution in [3.8, 4) is 5.75 Å². The van der Waals surface area contributed by atoms with Crippen molar-refractivity contribution in [2.45, 2.75) is 69.8 Å². The van der Waals surface area contributed by atoms with Gasteiger partial charge in [-0.25, -0.2) is 0 Å². The molecule has 1 saturated carbocycles. The molecular weight excluding hydrogens is 529 g/mol. The zero-order valence-corrected chi connectivity index (χ0v) is 24.3. The summed E-state index contributed by atoms with van der Waals surface area (Å²) in [7, 11) is 0.658. The number of phenolic OH excluding ortho intramolecular Hbond substituents is 1.